The molecule has 130 valence electrons. The molecule has 0 bridgehead atoms. The first-order chi connectivity index (χ1) is 13.3. The summed E-state index contributed by atoms with van der Waals surface area (Å²) in [6, 6.07) is 11.6. The Hall–Kier alpha value is -4.01. The van der Waals surface area contributed by atoms with Crippen molar-refractivity contribution in [1.29, 1.82) is 0 Å². The quantitative estimate of drug-likeness (QED) is 0.469. The fourth-order valence-corrected chi connectivity index (χ4v) is 3.30. The molecule has 9 nitrogen and oxygen atoms in total. The summed E-state index contributed by atoms with van der Waals surface area (Å²) in [5.41, 5.74) is 2.51. The Kier molecular flexibility index (Phi) is 2.63. The van der Waals surface area contributed by atoms with E-state index in [9.17, 15) is 0 Å². The number of hydrogen-bond donors (Lipinski definition) is 0. The number of hydrogen-bond acceptors (Lipinski definition) is 7. The topological polar surface area (TPSA) is 99.5 Å². The zero-order chi connectivity index (χ0) is 18.0. The fourth-order valence-electron chi connectivity index (χ4n) is 3.30. The van der Waals surface area contributed by atoms with E-state index in [1.807, 2.05) is 46.1 Å². The molecular weight excluding hydrogens is 346 g/mol. The second kappa shape index (κ2) is 5.01. The first-order valence-corrected chi connectivity index (χ1v) is 8.28. The lowest BCUT2D eigenvalue weighted by molar-refractivity contribution is 0.413. The predicted molar refractivity (Wildman–Crippen MR) is 95.0 cm³/mol. The van der Waals surface area contributed by atoms with E-state index in [-0.39, 0.29) is 0 Å². The summed E-state index contributed by atoms with van der Waals surface area (Å²) in [7, 11) is 0. The van der Waals surface area contributed by atoms with Crippen LogP contribution in [0.25, 0.3) is 45.5 Å². The van der Waals surface area contributed by atoms with E-state index in [0.717, 1.165) is 22.3 Å². The van der Waals surface area contributed by atoms with Gasteiger partial charge in [0.1, 0.15) is 17.7 Å². The maximum Gasteiger partial charge on any atom is 0.294 e. The van der Waals surface area contributed by atoms with Gasteiger partial charge in [0.2, 0.25) is 11.6 Å². The van der Waals surface area contributed by atoms with Crippen LogP contribution >= 0.6 is 0 Å². The van der Waals surface area contributed by atoms with Gasteiger partial charge in [0.05, 0.1) is 11.7 Å². The van der Waals surface area contributed by atoms with Gasteiger partial charge in [-0.15, -0.1) is 10.2 Å². The highest BCUT2D eigenvalue weighted by atomic mass is 16.5. The van der Waals surface area contributed by atoms with Gasteiger partial charge in [0.15, 0.2) is 11.4 Å². The Balaban J connectivity index is 1.65. The van der Waals surface area contributed by atoms with Crippen molar-refractivity contribution >= 4 is 22.2 Å². The minimum Gasteiger partial charge on any atom is -0.456 e. The monoisotopic (exact) mass is 357 g/mol. The first-order valence-electron chi connectivity index (χ1n) is 8.28. The summed E-state index contributed by atoms with van der Waals surface area (Å²) >= 11 is 0. The normalized spacial score (nSPS) is 11.9. The second-order valence-corrected chi connectivity index (χ2v) is 6.16. The molecule has 0 aliphatic rings. The van der Waals surface area contributed by atoms with Crippen LogP contribution in [0.5, 0.6) is 0 Å². The summed E-state index contributed by atoms with van der Waals surface area (Å²) < 4.78 is 14.8. The van der Waals surface area contributed by atoms with Crippen LogP contribution in [0.4, 0.5) is 0 Å². The molecule has 0 unspecified atom stereocenters. The largest absolute Gasteiger partial charge is 0.456 e. The molecule has 0 spiro atoms. The van der Waals surface area contributed by atoms with Crippen molar-refractivity contribution in [2.45, 2.75) is 6.92 Å². The molecule has 0 saturated carbocycles. The van der Waals surface area contributed by atoms with Gasteiger partial charge in [-0.1, -0.05) is 17.3 Å². The van der Waals surface area contributed by atoms with Gasteiger partial charge in [-0.25, -0.2) is 4.98 Å². The van der Waals surface area contributed by atoms with E-state index < -0.39 is 0 Å². The molecule has 5 aromatic heterocycles. The Morgan fingerprint density at radius 1 is 1.04 bits per heavy atom. The molecule has 5 heterocycles. The van der Waals surface area contributed by atoms with Crippen molar-refractivity contribution in [2.24, 2.45) is 0 Å². The second-order valence-electron chi connectivity index (χ2n) is 6.16. The van der Waals surface area contributed by atoms with E-state index in [4.69, 9.17) is 8.94 Å². The molecule has 6 aromatic rings. The van der Waals surface area contributed by atoms with Gasteiger partial charge in [-0.05, 0) is 31.2 Å². The minimum atomic E-state index is 0.292. The van der Waals surface area contributed by atoms with Crippen LogP contribution in [0.2, 0.25) is 0 Å². The third-order valence-corrected chi connectivity index (χ3v) is 4.49. The molecule has 0 fully saturated rings. The smallest absolute Gasteiger partial charge is 0.294 e. The summed E-state index contributed by atoms with van der Waals surface area (Å²) in [5.74, 6) is 2.37. The van der Waals surface area contributed by atoms with E-state index in [2.05, 4.69) is 25.3 Å². The number of fused-ring (bicyclic) bond motifs is 6. The fraction of sp³-hybridized carbons (Fsp3) is 0.0556. The van der Waals surface area contributed by atoms with Crippen LogP contribution in [-0.4, -0.2) is 34.1 Å². The maximum atomic E-state index is 5.55. The Morgan fingerprint density at radius 3 is 2.85 bits per heavy atom. The highest BCUT2D eigenvalue weighted by molar-refractivity contribution is 5.94. The summed E-state index contributed by atoms with van der Waals surface area (Å²) in [6.07, 6.45) is 3.51. The molecule has 0 atom stereocenters. The van der Waals surface area contributed by atoms with Gasteiger partial charge in [0.25, 0.3) is 5.89 Å². The number of rotatable bonds is 2. The standard InChI is InChI=1S/C18H11N7O2/c1-10-6-7-13(26-10)18-20-15(23-27-18)17-22-21-16-11-4-2-3-5-12(11)24-9-19-8-14(24)25(16)17/h2-9H,1H3. The van der Waals surface area contributed by atoms with Crippen molar-refractivity contribution in [3.63, 3.8) is 0 Å². The van der Waals surface area contributed by atoms with Crippen LogP contribution in [0.15, 0.2) is 57.9 Å². The summed E-state index contributed by atoms with van der Waals surface area (Å²) in [5, 5.41) is 13.7. The van der Waals surface area contributed by atoms with Crippen LogP contribution in [0.3, 0.4) is 0 Å². The lowest BCUT2D eigenvalue weighted by atomic mass is 10.2. The lowest BCUT2D eigenvalue weighted by Gasteiger charge is -2.05. The first kappa shape index (κ1) is 14.2. The molecule has 0 N–H and O–H groups in total. The van der Waals surface area contributed by atoms with Crippen LogP contribution < -0.4 is 0 Å². The van der Waals surface area contributed by atoms with Crippen molar-refractivity contribution in [2.75, 3.05) is 0 Å². The van der Waals surface area contributed by atoms with Crippen LogP contribution in [0, 0.1) is 6.92 Å². The predicted octanol–water partition coefficient (Wildman–Crippen LogP) is 3.15. The van der Waals surface area contributed by atoms with Crippen molar-refractivity contribution < 1.29 is 8.94 Å². The van der Waals surface area contributed by atoms with Crippen molar-refractivity contribution in [3.05, 3.63) is 54.7 Å². The molecular formula is C18H11N7O2. The minimum absolute atomic E-state index is 0.292. The van der Waals surface area contributed by atoms with Crippen LogP contribution in [-0.2, 0) is 0 Å². The lowest BCUT2D eigenvalue weighted by Crippen LogP contribution is -1.98. The average Bonchev–Trinajstić information content (AvgIpc) is 3.45. The summed E-state index contributed by atoms with van der Waals surface area (Å²) in [4.78, 5) is 8.71. The zero-order valence-corrected chi connectivity index (χ0v) is 14.1. The molecule has 0 saturated heterocycles. The maximum absolute atomic E-state index is 5.55. The number of benzene rings is 1. The highest BCUT2D eigenvalue weighted by Gasteiger charge is 2.21. The molecule has 0 radical (unpaired) electrons. The number of furan rings is 1. The zero-order valence-electron chi connectivity index (χ0n) is 14.1. The number of para-hydroxylation sites is 1. The molecule has 6 rings (SSSR count). The molecule has 9 heteroatoms. The highest BCUT2D eigenvalue weighted by Crippen LogP contribution is 2.27. The molecule has 0 aliphatic heterocycles. The third-order valence-electron chi connectivity index (χ3n) is 4.49. The van der Waals surface area contributed by atoms with Crippen molar-refractivity contribution in [1.82, 2.24) is 34.1 Å². The molecule has 27 heavy (non-hydrogen) atoms. The number of nitrogens with zero attached hydrogens (tertiary/aromatic N) is 7. The third kappa shape index (κ3) is 1.90. The van der Waals surface area contributed by atoms with Gasteiger partial charge in [-0.2, -0.15) is 4.98 Å². The Bertz CT molecular complexity index is 1450. The van der Waals surface area contributed by atoms with E-state index in [0.29, 0.717) is 28.9 Å². The summed E-state index contributed by atoms with van der Waals surface area (Å²) in [6.45, 7) is 1.86. The molecule has 0 amide bonds. The number of imidazole rings is 1. The van der Waals surface area contributed by atoms with Gasteiger partial charge in [-0.3, -0.25) is 8.80 Å². The SMILES string of the molecule is Cc1ccc(-c2nc(-c3nnc4c5ccccc5n5cncc5n34)no2)o1. The molecule has 0 aliphatic carbocycles. The van der Waals surface area contributed by atoms with Crippen LogP contribution in [0.1, 0.15) is 5.76 Å². The number of aryl methyl sites for hydroxylation is 1. The van der Waals surface area contributed by atoms with Gasteiger partial charge >= 0.3 is 0 Å². The van der Waals surface area contributed by atoms with Crippen molar-refractivity contribution in [3.8, 4) is 23.3 Å². The van der Waals surface area contributed by atoms with E-state index in [1.165, 1.54) is 0 Å². The van der Waals surface area contributed by atoms with E-state index in [1.54, 1.807) is 18.6 Å². The average molecular weight is 357 g/mol. The Morgan fingerprint density at radius 2 is 1.96 bits per heavy atom. The number of aromatic nitrogens is 7. The molecule has 1 aromatic carbocycles. The van der Waals surface area contributed by atoms with Gasteiger partial charge < -0.3 is 8.94 Å². The van der Waals surface area contributed by atoms with E-state index >= 15 is 0 Å². The Labute approximate surface area is 150 Å². The van der Waals surface area contributed by atoms with Gasteiger partial charge in [0, 0.05) is 5.39 Å².